The van der Waals surface area contributed by atoms with Gasteiger partial charge in [-0.25, -0.2) is 0 Å². The summed E-state index contributed by atoms with van der Waals surface area (Å²) in [5, 5.41) is 2.87. The first-order valence-corrected chi connectivity index (χ1v) is 6.25. The van der Waals surface area contributed by atoms with Crippen molar-refractivity contribution in [2.24, 2.45) is 0 Å². The van der Waals surface area contributed by atoms with Gasteiger partial charge in [0.25, 0.3) is 0 Å². The summed E-state index contributed by atoms with van der Waals surface area (Å²) in [4.78, 5) is 13.6. The fourth-order valence-corrected chi connectivity index (χ4v) is 1.52. The summed E-state index contributed by atoms with van der Waals surface area (Å²) >= 11 is 0. The predicted molar refractivity (Wildman–Crippen MR) is 76.4 cm³/mol. The molecule has 0 fully saturated rings. The second kappa shape index (κ2) is 7.67. The molecule has 0 aliphatic carbocycles. The van der Waals surface area contributed by atoms with Crippen LogP contribution in [0.5, 0.6) is 0 Å². The van der Waals surface area contributed by atoms with Crippen LogP contribution in [-0.4, -0.2) is 38.0 Å². The van der Waals surface area contributed by atoms with Crippen LogP contribution in [0.4, 0.5) is 0 Å². The molecule has 0 unspecified atom stereocenters. The van der Waals surface area contributed by atoms with E-state index in [4.69, 9.17) is 0 Å². The van der Waals surface area contributed by atoms with E-state index in [0.29, 0.717) is 0 Å². The van der Waals surface area contributed by atoms with E-state index < -0.39 is 0 Å². The minimum absolute atomic E-state index is 0.0330. The first-order valence-electron chi connectivity index (χ1n) is 6.25. The van der Waals surface area contributed by atoms with Crippen LogP contribution in [0, 0.1) is 6.92 Å². The Kier molecular flexibility index (Phi) is 6.15. The van der Waals surface area contributed by atoms with E-state index >= 15 is 0 Å². The Bertz CT molecular complexity index is 393. The monoisotopic (exact) mass is 246 g/mol. The van der Waals surface area contributed by atoms with E-state index in [2.05, 4.69) is 10.2 Å². The average molecular weight is 246 g/mol. The van der Waals surface area contributed by atoms with Crippen molar-refractivity contribution in [3.63, 3.8) is 0 Å². The molecule has 0 saturated heterocycles. The van der Waals surface area contributed by atoms with Crippen molar-refractivity contribution in [3.8, 4) is 0 Å². The molecule has 0 saturated carbocycles. The molecule has 0 heterocycles. The zero-order chi connectivity index (χ0) is 13.4. The lowest BCUT2D eigenvalue weighted by atomic mass is 10.1. The van der Waals surface area contributed by atoms with E-state index in [0.717, 1.165) is 25.1 Å². The van der Waals surface area contributed by atoms with Gasteiger partial charge in [-0.05, 0) is 45.6 Å². The van der Waals surface area contributed by atoms with Crippen LogP contribution in [0.2, 0.25) is 0 Å². The van der Waals surface area contributed by atoms with Crippen LogP contribution >= 0.6 is 0 Å². The van der Waals surface area contributed by atoms with Gasteiger partial charge in [0.15, 0.2) is 0 Å². The van der Waals surface area contributed by atoms with Gasteiger partial charge >= 0.3 is 0 Å². The summed E-state index contributed by atoms with van der Waals surface area (Å²) in [6, 6.07) is 8.08. The van der Waals surface area contributed by atoms with Crippen molar-refractivity contribution in [2.45, 2.75) is 13.3 Å². The van der Waals surface area contributed by atoms with E-state index in [-0.39, 0.29) is 5.91 Å². The molecule has 1 amide bonds. The van der Waals surface area contributed by atoms with Crippen LogP contribution in [0.1, 0.15) is 17.5 Å². The Labute approximate surface area is 109 Å². The molecule has 1 N–H and O–H groups in total. The quantitative estimate of drug-likeness (QED) is 0.615. The highest BCUT2D eigenvalue weighted by Crippen LogP contribution is 2.04. The van der Waals surface area contributed by atoms with Crippen LogP contribution in [0.15, 0.2) is 30.3 Å². The zero-order valence-electron chi connectivity index (χ0n) is 11.4. The van der Waals surface area contributed by atoms with Gasteiger partial charge in [-0.15, -0.1) is 0 Å². The third-order valence-electron chi connectivity index (χ3n) is 2.59. The highest BCUT2D eigenvalue weighted by atomic mass is 16.1. The van der Waals surface area contributed by atoms with Crippen molar-refractivity contribution < 1.29 is 4.79 Å². The summed E-state index contributed by atoms with van der Waals surface area (Å²) in [6.45, 7) is 3.75. The molecule has 0 bridgehead atoms. The minimum Gasteiger partial charge on any atom is -0.353 e. The number of aryl methyl sites for hydroxylation is 1. The predicted octanol–water partition coefficient (Wildman–Crippen LogP) is 2.08. The van der Waals surface area contributed by atoms with Crippen molar-refractivity contribution in [2.75, 3.05) is 27.2 Å². The number of carbonyl (C=O) groups is 1. The van der Waals surface area contributed by atoms with E-state index in [1.54, 1.807) is 6.08 Å². The average Bonchev–Trinajstić information content (AvgIpc) is 2.34. The largest absolute Gasteiger partial charge is 0.353 e. The Morgan fingerprint density at radius 2 is 1.94 bits per heavy atom. The zero-order valence-corrected chi connectivity index (χ0v) is 11.4. The molecule has 18 heavy (non-hydrogen) atoms. The van der Waals surface area contributed by atoms with Gasteiger partial charge < -0.3 is 10.2 Å². The Morgan fingerprint density at radius 1 is 1.28 bits per heavy atom. The van der Waals surface area contributed by atoms with E-state index in [9.17, 15) is 4.79 Å². The molecule has 1 aromatic rings. The van der Waals surface area contributed by atoms with Gasteiger partial charge in [0.05, 0.1) is 0 Å². The van der Waals surface area contributed by atoms with Gasteiger partial charge in [-0.3, -0.25) is 4.79 Å². The Hall–Kier alpha value is -1.61. The first kappa shape index (κ1) is 14.5. The van der Waals surface area contributed by atoms with Gasteiger partial charge in [0, 0.05) is 12.6 Å². The molecule has 3 nitrogen and oxygen atoms in total. The fourth-order valence-electron chi connectivity index (χ4n) is 1.52. The third-order valence-corrected chi connectivity index (χ3v) is 2.59. The highest BCUT2D eigenvalue weighted by Gasteiger charge is 1.95. The minimum atomic E-state index is -0.0330. The number of carbonyl (C=O) groups excluding carboxylic acids is 1. The maximum atomic E-state index is 11.5. The topological polar surface area (TPSA) is 32.3 Å². The molecule has 3 heteroatoms. The standard InChI is InChI=1S/C15H22N2O/c1-13-5-7-14(8-6-13)9-10-15(18)16-11-4-12-17(2)3/h5-10H,4,11-12H2,1-3H3,(H,16,18). The summed E-state index contributed by atoms with van der Waals surface area (Å²) in [5.41, 5.74) is 2.27. The molecule has 1 rings (SSSR count). The number of nitrogens with zero attached hydrogens (tertiary/aromatic N) is 1. The number of benzene rings is 1. The molecule has 0 aromatic heterocycles. The van der Waals surface area contributed by atoms with Gasteiger partial charge in [-0.2, -0.15) is 0 Å². The van der Waals surface area contributed by atoms with Crippen LogP contribution in [0.3, 0.4) is 0 Å². The molecule has 0 atom stereocenters. The molecular weight excluding hydrogens is 224 g/mol. The van der Waals surface area contributed by atoms with Crippen molar-refractivity contribution >= 4 is 12.0 Å². The van der Waals surface area contributed by atoms with E-state index in [1.807, 2.05) is 51.4 Å². The molecule has 0 radical (unpaired) electrons. The molecule has 0 aliphatic heterocycles. The van der Waals surface area contributed by atoms with Crippen molar-refractivity contribution in [1.29, 1.82) is 0 Å². The first-order chi connectivity index (χ1) is 8.58. The molecule has 0 aliphatic rings. The van der Waals surface area contributed by atoms with Crippen LogP contribution in [0.25, 0.3) is 6.08 Å². The number of hydrogen-bond acceptors (Lipinski definition) is 2. The molecular formula is C15H22N2O. The maximum Gasteiger partial charge on any atom is 0.243 e. The second-order valence-corrected chi connectivity index (χ2v) is 4.69. The maximum absolute atomic E-state index is 11.5. The van der Waals surface area contributed by atoms with Gasteiger partial charge in [0.1, 0.15) is 0 Å². The number of hydrogen-bond donors (Lipinski definition) is 1. The summed E-state index contributed by atoms with van der Waals surface area (Å²) in [7, 11) is 4.05. The fraction of sp³-hybridized carbons (Fsp3) is 0.400. The second-order valence-electron chi connectivity index (χ2n) is 4.69. The van der Waals surface area contributed by atoms with Crippen LogP contribution in [-0.2, 0) is 4.79 Å². The van der Waals surface area contributed by atoms with Gasteiger partial charge in [0.2, 0.25) is 5.91 Å². The SMILES string of the molecule is Cc1ccc(C=CC(=O)NCCCN(C)C)cc1. The number of rotatable bonds is 6. The Balaban J connectivity index is 2.29. The number of nitrogens with one attached hydrogen (secondary N) is 1. The summed E-state index contributed by atoms with van der Waals surface area (Å²) in [6.07, 6.45) is 4.39. The van der Waals surface area contributed by atoms with Crippen molar-refractivity contribution in [1.82, 2.24) is 10.2 Å². The number of amides is 1. The lowest BCUT2D eigenvalue weighted by Gasteiger charge is -2.08. The van der Waals surface area contributed by atoms with Crippen LogP contribution < -0.4 is 5.32 Å². The smallest absolute Gasteiger partial charge is 0.243 e. The highest BCUT2D eigenvalue weighted by molar-refractivity contribution is 5.91. The lowest BCUT2D eigenvalue weighted by Crippen LogP contribution is -2.25. The molecule has 0 spiro atoms. The Morgan fingerprint density at radius 3 is 2.56 bits per heavy atom. The lowest BCUT2D eigenvalue weighted by molar-refractivity contribution is -0.116. The van der Waals surface area contributed by atoms with E-state index in [1.165, 1.54) is 5.56 Å². The molecule has 1 aromatic carbocycles. The summed E-state index contributed by atoms with van der Waals surface area (Å²) in [5.74, 6) is -0.0330. The molecule has 98 valence electrons. The summed E-state index contributed by atoms with van der Waals surface area (Å²) < 4.78 is 0. The normalized spacial score (nSPS) is 11.1. The third kappa shape index (κ3) is 6.21. The van der Waals surface area contributed by atoms with Crippen molar-refractivity contribution in [3.05, 3.63) is 41.5 Å². The van der Waals surface area contributed by atoms with Gasteiger partial charge in [-0.1, -0.05) is 29.8 Å².